The van der Waals surface area contributed by atoms with Gasteiger partial charge in [-0.2, -0.15) is 5.10 Å². The minimum Gasteiger partial charge on any atom is -0.478 e. The number of aromatic nitrogens is 3. The molecular weight excluding hydrogens is 510 g/mol. The van der Waals surface area contributed by atoms with Gasteiger partial charge >= 0.3 is 0 Å². The smallest absolute Gasteiger partial charge is 0.252 e. The molecule has 2 aliphatic rings. The molecule has 4 rings (SSSR count). The van der Waals surface area contributed by atoms with Crippen LogP contribution >= 0.6 is 12.6 Å². The summed E-state index contributed by atoms with van der Waals surface area (Å²) in [6.45, 7) is 9.82. The molecule has 10 heteroatoms. The van der Waals surface area contributed by atoms with Crippen molar-refractivity contribution in [3.05, 3.63) is 41.4 Å². The van der Waals surface area contributed by atoms with Crippen molar-refractivity contribution in [2.75, 3.05) is 23.4 Å². The van der Waals surface area contributed by atoms with Crippen molar-refractivity contribution >= 4 is 36.1 Å². The van der Waals surface area contributed by atoms with E-state index in [0.29, 0.717) is 35.6 Å². The van der Waals surface area contributed by atoms with Crippen LogP contribution in [0.4, 0.5) is 11.6 Å². The number of aryl methyl sites for hydroxylation is 2. The number of nitrogens with two attached hydrogens (primary N) is 1. The molecule has 0 spiro atoms. The molecule has 1 aliphatic heterocycles. The van der Waals surface area contributed by atoms with E-state index in [-0.39, 0.29) is 11.4 Å². The first-order chi connectivity index (χ1) is 18.5. The summed E-state index contributed by atoms with van der Waals surface area (Å²) in [4.78, 5) is 20.3. The molecule has 9 nitrogen and oxygen atoms in total. The predicted octanol–water partition coefficient (Wildman–Crippen LogP) is 5.10. The number of carbonyl (C=O) groups is 1. The van der Waals surface area contributed by atoms with E-state index in [2.05, 4.69) is 48.7 Å². The van der Waals surface area contributed by atoms with Crippen LogP contribution in [0.3, 0.4) is 0 Å². The number of pyridine rings is 1. The van der Waals surface area contributed by atoms with Crippen molar-refractivity contribution < 1.29 is 9.53 Å². The largest absolute Gasteiger partial charge is 0.478 e. The second kappa shape index (κ2) is 12.0. The molecule has 1 aliphatic carbocycles. The van der Waals surface area contributed by atoms with Gasteiger partial charge in [-0.25, -0.2) is 4.98 Å². The Morgan fingerprint density at radius 2 is 2.13 bits per heavy atom. The summed E-state index contributed by atoms with van der Waals surface area (Å²) in [6, 6.07) is 3.45. The Kier molecular flexibility index (Phi) is 8.93. The van der Waals surface area contributed by atoms with Crippen molar-refractivity contribution in [1.29, 1.82) is 5.41 Å². The number of nitrogens with zero attached hydrogens (tertiary/aromatic N) is 4. The summed E-state index contributed by atoms with van der Waals surface area (Å²) in [7, 11) is 1.96. The predicted molar refractivity (Wildman–Crippen MR) is 159 cm³/mol. The van der Waals surface area contributed by atoms with Gasteiger partial charge in [0.15, 0.2) is 0 Å². The third-order valence-corrected chi connectivity index (χ3v) is 8.59. The minimum atomic E-state index is -0.508. The Morgan fingerprint density at radius 1 is 1.38 bits per heavy atom. The fourth-order valence-electron chi connectivity index (χ4n) is 5.86. The van der Waals surface area contributed by atoms with Gasteiger partial charge in [0, 0.05) is 36.3 Å². The zero-order chi connectivity index (χ0) is 28.3. The summed E-state index contributed by atoms with van der Waals surface area (Å²) >= 11 is 4.68. The molecule has 4 N–H and O–H groups in total. The zero-order valence-corrected chi connectivity index (χ0v) is 24.7. The highest BCUT2D eigenvalue weighted by atomic mass is 32.1. The third kappa shape index (κ3) is 6.96. The van der Waals surface area contributed by atoms with E-state index in [1.54, 1.807) is 24.4 Å². The molecule has 3 heterocycles. The lowest BCUT2D eigenvalue weighted by molar-refractivity contribution is 0.100. The van der Waals surface area contributed by atoms with E-state index in [1.165, 1.54) is 12.8 Å². The first-order valence-electron chi connectivity index (χ1n) is 13.9. The normalized spacial score (nSPS) is 19.4. The molecular formula is C29H43N7O2S. The fourth-order valence-corrected chi connectivity index (χ4v) is 6.14. The van der Waals surface area contributed by atoms with Gasteiger partial charge in [-0.3, -0.25) is 14.9 Å². The Bertz CT molecular complexity index is 1230. The summed E-state index contributed by atoms with van der Waals surface area (Å²) < 4.78 is 7.62. The van der Waals surface area contributed by atoms with Crippen LogP contribution in [0.5, 0.6) is 0 Å². The monoisotopic (exact) mass is 553 g/mol. The van der Waals surface area contributed by atoms with Crippen LogP contribution in [-0.2, 0) is 18.2 Å². The standard InChI is InChI=1S/C29H43N7O2S/c1-6-7-21(20-8-9-20)17-38-24(30)12-13-32-25-11-10-22(27(31)37)28(33-25)36-16-19(15-29(36,3)4)14-23-26(39)18(2)34-35(23)5/h10-13,19-21,30,39H,6-9,14-17H2,1-5H3,(H2,31,37)(H,32,33)/b13-12-,30-24?/t19-,21?/m0/s1. The first-order valence-corrected chi connectivity index (χ1v) is 14.4. The second-order valence-electron chi connectivity index (χ2n) is 11.7. The number of rotatable bonds is 12. The number of carbonyl (C=O) groups excluding carboxylic acids is 1. The molecule has 1 saturated heterocycles. The molecule has 1 saturated carbocycles. The number of nitrogens with one attached hydrogen (secondary N) is 2. The summed E-state index contributed by atoms with van der Waals surface area (Å²) in [6.07, 6.45) is 9.86. The Morgan fingerprint density at radius 3 is 2.74 bits per heavy atom. The molecule has 0 aromatic carbocycles. The number of ether oxygens (including phenoxy) is 1. The minimum absolute atomic E-state index is 0.121. The number of anilines is 2. The van der Waals surface area contributed by atoms with E-state index in [9.17, 15) is 4.79 Å². The van der Waals surface area contributed by atoms with Crippen LogP contribution < -0.4 is 16.0 Å². The number of hydrogen-bond donors (Lipinski definition) is 4. The molecule has 2 atom stereocenters. The van der Waals surface area contributed by atoms with Crippen LogP contribution in [0, 0.1) is 30.1 Å². The van der Waals surface area contributed by atoms with Crippen LogP contribution in [0.2, 0.25) is 0 Å². The SMILES string of the molecule is CCCC(COC(=N)/C=C\Nc1ccc(C(N)=O)c(N2C[C@@H](Cc3c(S)c(C)nn3C)CC2(C)C)n1)C1CC1. The Balaban J connectivity index is 1.44. The molecule has 1 amide bonds. The van der Waals surface area contributed by atoms with Crippen LogP contribution in [-0.4, -0.2) is 45.3 Å². The van der Waals surface area contributed by atoms with Crippen molar-refractivity contribution in [2.24, 2.45) is 30.5 Å². The topological polar surface area (TPSA) is 122 Å². The van der Waals surface area contributed by atoms with Crippen molar-refractivity contribution in [2.45, 2.75) is 76.7 Å². The molecule has 39 heavy (non-hydrogen) atoms. The molecule has 2 fully saturated rings. The van der Waals surface area contributed by atoms with E-state index in [4.69, 9.17) is 20.9 Å². The molecule has 2 aromatic heterocycles. The van der Waals surface area contributed by atoms with Crippen molar-refractivity contribution in [3.63, 3.8) is 0 Å². The van der Waals surface area contributed by atoms with E-state index in [1.807, 2.05) is 18.7 Å². The number of hydrogen-bond acceptors (Lipinski definition) is 8. The Labute approximate surface area is 237 Å². The van der Waals surface area contributed by atoms with Gasteiger partial charge in [0.05, 0.1) is 23.6 Å². The van der Waals surface area contributed by atoms with Gasteiger partial charge in [-0.1, -0.05) is 13.3 Å². The highest BCUT2D eigenvalue weighted by Gasteiger charge is 2.41. The number of primary amides is 1. The lowest BCUT2D eigenvalue weighted by Gasteiger charge is -2.33. The maximum Gasteiger partial charge on any atom is 0.252 e. The summed E-state index contributed by atoms with van der Waals surface area (Å²) in [5.74, 6) is 2.38. The first kappa shape index (κ1) is 29.0. The average molecular weight is 554 g/mol. The lowest BCUT2D eigenvalue weighted by Crippen LogP contribution is -2.40. The van der Waals surface area contributed by atoms with Crippen molar-refractivity contribution in [3.8, 4) is 0 Å². The summed E-state index contributed by atoms with van der Waals surface area (Å²) in [5, 5.41) is 15.8. The van der Waals surface area contributed by atoms with Gasteiger partial charge in [0.1, 0.15) is 11.6 Å². The van der Waals surface area contributed by atoms with E-state index in [0.717, 1.165) is 54.4 Å². The maximum absolute atomic E-state index is 12.3. The highest BCUT2D eigenvalue weighted by Crippen LogP contribution is 2.40. The van der Waals surface area contributed by atoms with Gasteiger partial charge in [-0.05, 0) is 82.8 Å². The third-order valence-electron chi connectivity index (χ3n) is 8.01. The second-order valence-corrected chi connectivity index (χ2v) is 12.1. The molecule has 0 radical (unpaired) electrons. The molecule has 1 unspecified atom stereocenters. The number of amides is 1. The highest BCUT2D eigenvalue weighted by molar-refractivity contribution is 7.80. The zero-order valence-electron chi connectivity index (χ0n) is 23.8. The van der Waals surface area contributed by atoms with E-state index < -0.39 is 5.91 Å². The average Bonchev–Trinajstić information content (AvgIpc) is 3.63. The fraction of sp³-hybridized carbons (Fsp3) is 0.586. The van der Waals surface area contributed by atoms with E-state index >= 15 is 0 Å². The van der Waals surface area contributed by atoms with Crippen LogP contribution in [0.15, 0.2) is 29.3 Å². The van der Waals surface area contributed by atoms with Crippen molar-refractivity contribution in [1.82, 2.24) is 14.8 Å². The number of thiol groups is 1. The van der Waals surface area contributed by atoms with Crippen LogP contribution in [0.1, 0.15) is 74.6 Å². The maximum atomic E-state index is 12.3. The lowest BCUT2D eigenvalue weighted by atomic mass is 9.93. The van der Waals surface area contributed by atoms with Gasteiger partial charge in [0.2, 0.25) is 5.90 Å². The van der Waals surface area contributed by atoms with Gasteiger partial charge in [-0.15, -0.1) is 12.6 Å². The summed E-state index contributed by atoms with van der Waals surface area (Å²) in [5.41, 5.74) is 7.97. The van der Waals surface area contributed by atoms with Gasteiger partial charge < -0.3 is 20.7 Å². The quantitative estimate of drug-likeness (QED) is 0.165. The Hall–Kier alpha value is -3.01. The van der Waals surface area contributed by atoms with Gasteiger partial charge in [0.25, 0.3) is 5.91 Å². The molecule has 212 valence electrons. The molecule has 0 bridgehead atoms. The molecule has 2 aromatic rings. The van der Waals surface area contributed by atoms with Crippen LogP contribution in [0.25, 0.3) is 0 Å².